The molecule has 0 amide bonds. The molecule has 112 valence electrons. The molecule has 0 fully saturated rings. The van der Waals surface area contributed by atoms with E-state index in [1.54, 1.807) is 0 Å². The Morgan fingerprint density at radius 2 is 1.81 bits per heavy atom. The van der Waals surface area contributed by atoms with Crippen molar-refractivity contribution in [2.45, 2.75) is 20.3 Å². The quantitative estimate of drug-likeness (QED) is 0.845. The van der Waals surface area contributed by atoms with Gasteiger partial charge in [-0.15, -0.1) is 0 Å². The monoisotopic (exact) mass is 360 g/mol. The van der Waals surface area contributed by atoms with Gasteiger partial charge in [-0.05, 0) is 40.4 Å². The number of rotatable bonds is 3. The molecule has 0 aliphatic rings. The van der Waals surface area contributed by atoms with E-state index in [1.807, 2.05) is 13.8 Å². The maximum Gasteiger partial charge on any atom is 0.265 e. The third-order valence-electron chi connectivity index (χ3n) is 2.79. The van der Waals surface area contributed by atoms with Crippen LogP contribution in [0.2, 0.25) is 0 Å². The molecule has 0 radical (unpaired) electrons. The van der Waals surface area contributed by atoms with Crippen molar-refractivity contribution >= 4 is 15.9 Å². The van der Waals surface area contributed by atoms with Crippen molar-refractivity contribution in [2.75, 3.05) is 0 Å². The van der Waals surface area contributed by atoms with E-state index in [1.165, 1.54) is 0 Å². The normalized spacial score (nSPS) is 11.2. The molecule has 1 aromatic heterocycles. The van der Waals surface area contributed by atoms with Crippen molar-refractivity contribution < 1.29 is 13.2 Å². The van der Waals surface area contributed by atoms with E-state index in [-0.39, 0.29) is 21.8 Å². The summed E-state index contributed by atoms with van der Waals surface area (Å²) < 4.78 is 39.8. The summed E-state index contributed by atoms with van der Waals surface area (Å²) in [4.78, 5) is 18.5. The van der Waals surface area contributed by atoms with Crippen LogP contribution in [0.25, 0.3) is 11.4 Å². The van der Waals surface area contributed by atoms with E-state index < -0.39 is 23.0 Å². The fourth-order valence-electron chi connectivity index (χ4n) is 1.86. The fraction of sp³-hybridized carbons (Fsp3) is 0.286. The van der Waals surface area contributed by atoms with Gasteiger partial charge < -0.3 is 4.98 Å². The first-order chi connectivity index (χ1) is 9.79. The molecule has 0 aliphatic carbocycles. The summed E-state index contributed by atoms with van der Waals surface area (Å²) >= 11 is 3.14. The lowest BCUT2D eigenvalue weighted by molar-refractivity contribution is 0.447. The molecule has 0 atom stereocenters. The largest absolute Gasteiger partial charge is 0.306 e. The summed E-state index contributed by atoms with van der Waals surface area (Å²) in [7, 11) is 0. The van der Waals surface area contributed by atoms with E-state index in [9.17, 15) is 18.0 Å². The van der Waals surface area contributed by atoms with Crippen LogP contribution in [-0.4, -0.2) is 9.97 Å². The molecular formula is C14H12BrF3N2O. The molecule has 2 rings (SSSR count). The Morgan fingerprint density at radius 3 is 2.33 bits per heavy atom. The average molecular weight is 361 g/mol. The predicted molar refractivity (Wildman–Crippen MR) is 76.4 cm³/mol. The predicted octanol–water partition coefficient (Wildman–Crippen LogP) is 3.82. The highest BCUT2D eigenvalue weighted by molar-refractivity contribution is 9.10. The van der Waals surface area contributed by atoms with Crippen LogP contribution < -0.4 is 5.56 Å². The fourth-order valence-corrected chi connectivity index (χ4v) is 2.21. The van der Waals surface area contributed by atoms with Gasteiger partial charge in [0.2, 0.25) is 0 Å². The molecule has 0 bridgehead atoms. The standard InChI is InChI=1S/C14H12BrF3N2O/c1-6(2)3-10-11(15)14(21)20-13(19-10)7-4-8(16)12(18)9(17)5-7/h4-6H,3H2,1-2H3,(H,19,20,21). The number of nitrogens with zero attached hydrogens (tertiary/aromatic N) is 1. The van der Waals surface area contributed by atoms with Crippen molar-refractivity contribution in [2.24, 2.45) is 5.92 Å². The lowest BCUT2D eigenvalue weighted by Gasteiger charge is -2.09. The van der Waals surface area contributed by atoms with E-state index in [4.69, 9.17) is 0 Å². The van der Waals surface area contributed by atoms with E-state index in [0.29, 0.717) is 12.1 Å². The summed E-state index contributed by atoms with van der Waals surface area (Å²) in [6.45, 7) is 3.90. The molecule has 0 saturated heterocycles. The number of aromatic amines is 1. The molecule has 0 aliphatic heterocycles. The summed E-state index contributed by atoms with van der Waals surface area (Å²) in [5.74, 6) is -3.98. The molecule has 0 saturated carbocycles. The summed E-state index contributed by atoms with van der Waals surface area (Å²) in [5.41, 5.74) is -0.00399. The van der Waals surface area contributed by atoms with Gasteiger partial charge in [-0.25, -0.2) is 18.2 Å². The van der Waals surface area contributed by atoms with Crippen LogP contribution in [-0.2, 0) is 6.42 Å². The highest BCUT2D eigenvalue weighted by atomic mass is 79.9. The van der Waals surface area contributed by atoms with E-state index >= 15 is 0 Å². The van der Waals surface area contributed by atoms with Gasteiger partial charge in [-0.2, -0.15) is 0 Å². The minimum absolute atomic E-state index is 0.00310. The minimum Gasteiger partial charge on any atom is -0.306 e. The number of halogens is 4. The van der Waals surface area contributed by atoms with Crippen molar-refractivity contribution in [3.8, 4) is 11.4 Å². The van der Waals surface area contributed by atoms with Crippen LogP contribution in [0.3, 0.4) is 0 Å². The van der Waals surface area contributed by atoms with Gasteiger partial charge in [0.1, 0.15) is 10.3 Å². The Balaban J connectivity index is 2.59. The molecular weight excluding hydrogens is 349 g/mol. The van der Waals surface area contributed by atoms with Crippen molar-refractivity contribution in [1.29, 1.82) is 0 Å². The Morgan fingerprint density at radius 1 is 1.24 bits per heavy atom. The first kappa shape index (κ1) is 15.8. The minimum atomic E-state index is -1.55. The number of hydrogen-bond acceptors (Lipinski definition) is 2. The Hall–Kier alpha value is -1.63. The summed E-state index contributed by atoms with van der Waals surface area (Å²) in [6.07, 6.45) is 0.518. The number of hydrogen-bond donors (Lipinski definition) is 1. The number of aromatic nitrogens is 2. The van der Waals surface area contributed by atoms with Gasteiger partial charge in [-0.1, -0.05) is 13.8 Å². The van der Waals surface area contributed by atoms with E-state index in [2.05, 4.69) is 25.9 Å². The van der Waals surface area contributed by atoms with Crippen LogP contribution in [0.5, 0.6) is 0 Å². The van der Waals surface area contributed by atoms with Crippen LogP contribution in [0.1, 0.15) is 19.5 Å². The third-order valence-corrected chi connectivity index (χ3v) is 3.61. The number of H-pyrrole nitrogens is 1. The zero-order valence-electron chi connectivity index (χ0n) is 11.3. The third kappa shape index (κ3) is 3.34. The van der Waals surface area contributed by atoms with Crippen LogP contribution >= 0.6 is 15.9 Å². The van der Waals surface area contributed by atoms with Gasteiger partial charge in [0.05, 0.1) is 5.69 Å². The van der Waals surface area contributed by atoms with Crippen molar-refractivity contribution in [3.63, 3.8) is 0 Å². The second kappa shape index (κ2) is 6.01. The lowest BCUT2D eigenvalue weighted by atomic mass is 10.1. The SMILES string of the molecule is CC(C)Cc1nc(-c2cc(F)c(F)c(F)c2)[nH]c(=O)c1Br. The molecule has 0 spiro atoms. The van der Waals surface area contributed by atoms with Gasteiger partial charge in [0, 0.05) is 5.56 Å². The van der Waals surface area contributed by atoms with E-state index in [0.717, 1.165) is 12.1 Å². The highest BCUT2D eigenvalue weighted by Crippen LogP contribution is 2.22. The number of nitrogens with one attached hydrogen (secondary N) is 1. The zero-order chi connectivity index (χ0) is 15.7. The van der Waals surface area contributed by atoms with Crippen LogP contribution in [0, 0.1) is 23.4 Å². The average Bonchev–Trinajstić information content (AvgIpc) is 2.39. The van der Waals surface area contributed by atoms with Gasteiger partial charge in [0.15, 0.2) is 17.5 Å². The van der Waals surface area contributed by atoms with Crippen LogP contribution in [0.4, 0.5) is 13.2 Å². The Labute approximate surface area is 127 Å². The maximum atomic E-state index is 13.3. The smallest absolute Gasteiger partial charge is 0.265 e. The van der Waals surface area contributed by atoms with Gasteiger partial charge >= 0.3 is 0 Å². The molecule has 2 aromatic rings. The molecule has 1 heterocycles. The lowest BCUT2D eigenvalue weighted by Crippen LogP contribution is -2.15. The second-order valence-electron chi connectivity index (χ2n) is 5.03. The first-order valence-corrected chi connectivity index (χ1v) is 7.02. The molecule has 1 aromatic carbocycles. The van der Waals surface area contributed by atoms with Gasteiger partial charge in [-0.3, -0.25) is 4.79 Å². The molecule has 7 heteroatoms. The summed E-state index contributed by atoms with van der Waals surface area (Å²) in [6, 6.07) is 1.59. The summed E-state index contributed by atoms with van der Waals surface area (Å²) in [5, 5.41) is 0. The number of benzene rings is 1. The van der Waals surface area contributed by atoms with Crippen molar-refractivity contribution in [1.82, 2.24) is 9.97 Å². The van der Waals surface area contributed by atoms with Crippen LogP contribution in [0.15, 0.2) is 21.4 Å². The molecule has 0 unspecified atom stereocenters. The molecule has 21 heavy (non-hydrogen) atoms. The molecule has 3 nitrogen and oxygen atoms in total. The Kier molecular flexibility index (Phi) is 4.51. The van der Waals surface area contributed by atoms with Gasteiger partial charge in [0.25, 0.3) is 5.56 Å². The molecule has 1 N–H and O–H groups in total. The highest BCUT2D eigenvalue weighted by Gasteiger charge is 2.16. The second-order valence-corrected chi connectivity index (χ2v) is 5.82. The first-order valence-electron chi connectivity index (χ1n) is 6.23. The Bertz CT molecular complexity index is 720. The zero-order valence-corrected chi connectivity index (χ0v) is 12.9. The maximum absolute atomic E-state index is 13.3. The van der Waals surface area contributed by atoms with Crippen molar-refractivity contribution in [3.05, 3.63) is 50.1 Å². The topological polar surface area (TPSA) is 45.8 Å².